The molecule has 2 rings (SSSR count). The Morgan fingerprint density at radius 2 is 2.05 bits per heavy atom. The molecule has 0 aromatic heterocycles. The molecular formula is C12H15F3N2O2S. The second-order valence-electron chi connectivity index (χ2n) is 4.54. The largest absolute Gasteiger partial charge is 0.402 e. The number of halogens is 3. The fraction of sp³-hybridized carbons (Fsp3) is 0.500. The van der Waals surface area contributed by atoms with Crippen LogP contribution < -0.4 is 5.32 Å². The zero-order valence-corrected chi connectivity index (χ0v) is 11.7. The van der Waals surface area contributed by atoms with E-state index in [9.17, 15) is 21.6 Å². The van der Waals surface area contributed by atoms with Crippen molar-refractivity contribution < 1.29 is 21.6 Å². The summed E-state index contributed by atoms with van der Waals surface area (Å²) in [7, 11) is -4.12. The van der Waals surface area contributed by atoms with Gasteiger partial charge in [-0.05, 0) is 30.2 Å². The van der Waals surface area contributed by atoms with Crippen LogP contribution in [0.2, 0.25) is 0 Å². The molecule has 1 aliphatic heterocycles. The van der Waals surface area contributed by atoms with Crippen molar-refractivity contribution >= 4 is 15.7 Å². The molecule has 0 atom stereocenters. The molecule has 0 amide bonds. The lowest BCUT2D eigenvalue weighted by Crippen LogP contribution is -2.38. The van der Waals surface area contributed by atoms with Crippen LogP contribution in [0.4, 0.5) is 18.9 Å². The number of hydrogen-bond acceptors (Lipinski definition) is 3. The molecule has 0 saturated carbocycles. The molecule has 1 aromatic rings. The molecule has 0 fully saturated rings. The summed E-state index contributed by atoms with van der Waals surface area (Å²) in [5.41, 5.74) is 1.65. The molecule has 1 aliphatic rings. The molecule has 0 bridgehead atoms. The molecule has 0 radical (unpaired) electrons. The van der Waals surface area contributed by atoms with E-state index in [1.54, 1.807) is 6.07 Å². The average molecular weight is 308 g/mol. The summed E-state index contributed by atoms with van der Waals surface area (Å²) >= 11 is 0. The number of nitrogens with one attached hydrogen (secondary N) is 1. The molecule has 0 aliphatic carbocycles. The van der Waals surface area contributed by atoms with Crippen molar-refractivity contribution in [3.8, 4) is 0 Å². The molecule has 0 spiro atoms. The molecule has 0 unspecified atom stereocenters. The minimum atomic E-state index is -4.55. The Bertz CT molecular complexity index is 599. The first kappa shape index (κ1) is 15.1. The van der Waals surface area contributed by atoms with Crippen LogP contribution in [-0.4, -0.2) is 38.5 Å². The van der Waals surface area contributed by atoms with Crippen LogP contribution in [0.5, 0.6) is 0 Å². The van der Waals surface area contributed by atoms with E-state index < -0.39 is 22.7 Å². The lowest BCUT2D eigenvalue weighted by molar-refractivity contribution is -0.135. The van der Waals surface area contributed by atoms with E-state index in [0.29, 0.717) is 17.3 Å². The van der Waals surface area contributed by atoms with Crippen molar-refractivity contribution in [1.82, 2.24) is 4.31 Å². The van der Waals surface area contributed by atoms with Gasteiger partial charge in [0.25, 0.3) is 0 Å². The van der Waals surface area contributed by atoms with Gasteiger partial charge in [0.15, 0.2) is 0 Å². The van der Waals surface area contributed by atoms with Crippen molar-refractivity contribution in [3.05, 3.63) is 23.8 Å². The number of alkyl halides is 3. The van der Waals surface area contributed by atoms with E-state index in [0.717, 1.165) is 11.3 Å². The number of benzene rings is 1. The highest BCUT2D eigenvalue weighted by Gasteiger charge is 2.36. The van der Waals surface area contributed by atoms with E-state index in [4.69, 9.17) is 0 Å². The normalized spacial score (nSPS) is 15.2. The van der Waals surface area contributed by atoms with Gasteiger partial charge in [-0.3, -0.25) is 0 Å². The van der Waals surface area contributed by atoms with E-state index in [1.165, 1.54) is 19.1 Å². The molecule has 1 aromatic carbocycles. The summed E-state index contributed by atoms with van der Waals surface area (Å²) in [5.74, 6) is 0. The van der Waals surface area contributed by atoms with Gasteiger partial charge in [-0.2, -0.15) is 17.5 Å². The van der Waals surface area contributed by atoms with Crippen LogP contribution in [0.1, 0.15) is 12.5 Å². The molecular weight excluding hydrogens is 293 g/mol. The monoisotopic (exact) mass is 308 g/mol. The summed E-state index contributed by atoms with van der Waals surface area (Å²) in [6.07, 6.45) is -3.88. The third-order valence-corrected chi connectivity index (χ3v) is 5.05. The highest BCUT2D eigenvalue weighted by Crippen LogP contribution is 2.28. The third-order valence-electron chi connectivity index (χ3n) is 3.13. The Labute approximate surface area is 115 Å². The quantitative estimate of drug-likeness (QED) is 0.928. The number of sulfonamides is 1. The highest BCUT2D eigenvalue weighted by molar-refractivity contribution is 7.89. The van der Waals surface area contributed by atoms with Crippen LogP contribution in [0.15, 0.2) is 23.1 Å². The summed E-state index contributed by atoms with van der Waals surface area (Å²) in [4.78, 5) is -0.0916. The van der Waals surface area contributed by atoms with Gasteiger partial charge in [-0.15, -0.1) is 0 Å². The average Bonchev–Trinajstić information content (AvgIpc) is 2.81. The van der Waals surface area contributed by atoms with Crippen molar-refractivity contribution in [2.45, 2.75) is 24.4 Å². The number of hydrogen-bond donors (Lipinski definition) is 1. The van der Waals surface area contributed by atoms with Crippen molar-refractivity contribution in [1.29, 1.82) is 0 Å². The van der Waals surface area contributed by atoms with Crippen molar-refractivity contribution in [2.75, 3.05) is 25.0 Å². The summed E-state index contributed by atoms with van der Waals surface area (Å²) in [5, 5.41) is 3.07. The fourth-order valence-electron chi connectivity index (χ4n) is 2.16. The summed E-state index contributed by atoms with van der Waals surface area (Å²) in [6.45, 7) is 0.398. The summed E-state index contributed by atoms with van der Waals surface area (Å²) in [6, 6.07) is 4.38. The third kappa shape index (κ3) is 3.06. The topological polar surface area (TPSA) is 49.4 Å². The Balaban J connectivity index is 2.33. The second-order valence-corrected chi connectivity index (χ2v) is 6.48. The van der Waals surface area contributed by atoms with Crippen LogP contribution in [0.3, 0.4) is 0 Å². The van der Waals surface area contributed by atoms with Gasteiger partial charge in [-0.25, -0.2) is 8.42 Å². The van der Waals surface area contributed by atoms with Crippen LogP contribution >= 0.6 is 0 Å². The Kier molecular flexibility index (Phi) is 3.97. The van der Waals surface area contributed by atoms with Crippen LogP contribution in [0.25, 0.3) is 0 Å². The minimum Gasteiger partial charge on any atom is -0.384 e. The molecule has 4 nitrogen and oxygen atoms in total. The number of nitrogens with zero attached hydrogens (tertiary/aromatic N) is 1. The minimum absolute atomic E-state index is 0.0916. The van der Waals surface area contributed by atoms with E-state index in [1.807, 2.05) is 0 Å². The van der Waals surface area contributed by atoms with Gasteiger partial charge in [0.1, 0.15) is 6.54 Å². The maximum absolute atomic E-state index is 12.4. The molecule has 112 valence electrons. The van der Waals surface area contributed by atoms with E-state index in [-0.39, 0.29) is 11.4 Å². The Hall–Kier alpha value is -1.28. The van der Waals surface area contributed by atoms with Crippen LogP contribution in [-0.2, 0) is 16.4 Å². The smallest absolute Gasteiger partial charge is 0.384 e. The first-order valence-electron chi connectivity index (χ1n) is 6.18. The van der Waals surface area contributed by atoms with Gasteiger partial charge >= 0.3 is 6.18 Å². The standard InChI is InChI=1S/C12H15F3N2O2S/c1-2-17(8-12(13,14)15)20(18,19)10-3-4-11-9(7-10)5-6-16-11/h3-4,7,16H,2,5-6,8H2,1H3. The molecule has 20 heavy (non-hydrogen) atoms. The van der Waals surface area contributed by atoms with Crippen molar-refractivity contribution in [3.63, 3.8) is 0 Å². The Morgan fingerprint density at radius 1 is 1.35 bits per heavy atom. The lowest BCUT2D eigenvalue weighted by Gasteiger charge is -2.22. The van der Waals surface area contributed by atoms with Gasteiger partial charge in [0.05, 0.1) is 4.90 Å². The highest BCUT2D eigenvalue weighted by atomic mass is 32.2. The zero-order chi connectivity index (χ0) is 15.0. The number of fused-ring (bicyclic) bond motifs is 1. The molecule has 1 heterocycles. The number of rotatable bonds is 4. The SMILES string of the molecule is CCN(CC(F)(F)F)S(=O)(=O)c1ccc2c(c1)CCN2. The van der Waals surface area contributed by atoms with E-state index in [2.05, 4.69) is 5.32 Å². The van der Waals surface area contributed by atoms with Gasteiger partial charge in [-0.1, -0.05) is 6.92 Å². The molecule has 8 heteroatoms. The maximum Gasteiger partial charge on any atom is 0.402 e. The first-order valence-corrected chi connectivity index (χ1v) is 7.62. The Morgan fingerprint density at radius 3 is 2.65 bits per heavy atom. The maximum atomic E-state index is 12.4. The summed E-state index contributed by atoms with van der Waals surface area (Å²) < 4.78 is 62.3. The van der Waals surface area contributed by atoms with Gasteiger partial charge in [0, 0.05) is 18.8 Å². The second kappa shape index (κ2) is 5.25. The predicted molar refractivity (Wildman–Crippen MR) is 69.1 cm³/mol. The van der Waals surface area contributed by atoms with Gasteiger partial charge < -0.3 is 5.32 Å². The first-order chi connectivity index (χ1) is 9.24. The van der Waals surface area contributed by atoms with Gasteiger partial charge in [0.2, 0.25) is 10.0 Å². The van der Waals surface area contributed by atoms with Crippen molar-refractivity contribution in [2.24, 2.45) is 0 Å². The van der Waals surface area contributed by atoms with E-state index >= 15 is 0 Å². The van der Waals surface area contributed by atoms with Crippen LogP contribution in [0, 0.1) is 0 Å². The predicted octanol–water partition coefficient (Wildman–Crippen LogP) is 2.23. The molecule has 1 N–H and O–H groups in total. The fourth-order valence-corrected chi connectivity index (χ4v) is 3.64. The molecule has 0 saturated heterocycles. The zero-order valence-electron chi connectivity index (χ0n) is 10.9. The lowest BCUT2D eigenvalue weighted by atomic mass is 10.2. The number of anilines is 1.